The van der Waals surface area contributed by atoms with Crippen molar-refractivity contribution < 1.29 is 9.53 Å². The number of benzene rings is 1. The first kappa shape index (κ1) is 12.2. The van der Waals surface area contributed by atoms with Crippen molar-refractivity contribution in [1.29, 1.82) is 0 Å². The second-order valence-electron chi connectivity index (χ2n) is 3.19. The van der Waals surface area contributed by atoms with Gasteiger partial charge in [-0.05, 0) is 17.7 Å². The molecule has 1 atom stereocenters. The number of ether oxygens (including phenoxy) is 1. The topological polar surface area (TPSA) is 52.3 Å². The largest absolute Gasteiger partial charge is 0.464 e. The summed E-state index contributed by atoms with van der Waals surface area (Å²) in [6.07, 6.45) is 0.382. The molecule has 3 nitrogen and oxygen atoms in total. The summed E-state index contributed by atoms with van der Waals surface area (Å²) in [5, 5.41) is 0. The molecule has 0 aliphatic heterocycles. The summed E-state index contributed by atoms with van der Waals surface area (Å²) in [6.45, 7) is 1.99. The van der Waals surface area contributed by atoms with Crippen LogP contribution in [0.1, 0.15) is 24.9 Å². The van der Waals surface area contributed by atoms with E-state index in [1.54, 1.807) is 6.92 Å². The van der Waals surface area contributed by atoms with Gasteiger partial charge in [0.1, 0.15) is 6.61 Å². The highest BCUT2D eigenvalue weighted by Gasteiger charge is 2.08. The van der Waals surface area contributed by atoms with Crippen LogP contribution in [0.5, 0.6) is 0 Å². The van der Waals surface area contributed by atoms with Crippen LogP contribution >= 0.6 is 15.9 Å². The van der Waals surface area contributed by atoms with E-state index in [-0.39, 0.29) is 18.6 Å². The van der Waals surface area contributed by atoms with Gasteiger partial charge in [-0.2, -0.15) is 0 Å². The summed E-state index contributed by atoms with van der Waals surface area (Å²) in [7, 11) is 0. The highest BCUT2D eigenvalue weighted by atomic mass is 79.9. The molecular formula is C11H14BrNO2. The maximum Gasteiger partial charge on any atom is 0.305 e. The number of esters is 1. The molecular weight excluding hydrogens is 258 g/mol. The van der Waals surface area contributed by atoms with Crippen LogP contribution in [0.2, 0.25) is 0 Å². The number of rotatable bonds is 4. The molecule has 0 amide bonds. The van der Waals surface area contributed by atoms with Crippen molar-refractivity contribution in [3.05, 3.63) is 34.3 Å². The minimum absolute atomic E-state index is 0.220. The van der Waals surface area contributed by atoms with Crippen LogP contribution in [0, 0.1) is 0 Å². The summed E-state index contributed by atoms with van der Waals surface area (Å²) in [5.41, 5.74) is 6.82. The molecule has 4 heteroatoms. The minimum Gasteiger partial charge on any atom is -0.464 e. The lowest BCUT2D eigenvalue weighted by atomic mass is 10.1. The molecule has 1 rings (SSSR count). The molecule has 0 radical (unpaired) electrons. The smallest absolute Gasteiger partial charge is 0.305 e. The first-order chi connectivity index (χ1) is 7.13. The number of hydrogen-bond donors (Lipinski definition) is 1. The van der Waals surface area contributed by atoms with E-state index in [1.807, 2.05) is 24.3 Å². The summed E-state index contributed by atoms with van der Waals surface area (Å²) >= 11 is 3.34. The lowest BCUT2D eigenvalue weighted by Gasteiger charge is -2.12. The van der Waals surface area contributed by atoms with Crippen molar-refractivity contribution in [1.82, 2.24) is 0 Å². The Morgan fingerprint density at radius 1 is 1.47 bits per heavy atom. The van der Waals surface area contributed by atoms with E-state index < -0.39 is 0 Å². The summed E-state index contributed by atoms with van der Waals surface area (Å²) in [5.74, 6) is -0.220. The molecule has 0 saturated carbocycles. The highest BCUT2D eigenvalue weighted by molar-refractivity contribution is 9.10. The lowest BCUT2D eigenvalue weighted by molar-refractivity contribution is -0.143. The Labute approximate surface area is 97.7 Å². The van der Waals surface area contributed by atoms with Crippen molar-refractivity contribution in [3.8, 4) is 0 Å². The first-order valence-corrected chi connectivity index (χ1v) is 5.59. The fourth-order valence-electron chi connectivity index (χ4n) is 1.09. The Balaban J connectivity index is 2.50. The molecule has 0 heterocycles. The van der Waals surface area contributed by atoms with Gasteiger partial charge in [-0.25, -0.2) is 0 Å². The van der Waals surface area contributed by atoms with Gasteiger partial charge in [0.2, 0.25) is 0 Å². The van der Waals surface area contributed by atoms with Crippen LogP contribution < -0.4 is 5.73 Å². The third kappa shape index (κ3) is 4.01. The summed E-state index contributed by atoms with van der Waals surface area (Å²) in [4.78, 5) is 10.9. The normalized spacial score (nSPS) is 12.2. The second-order valence-corrected chi connectivity index (χ2v) is 4.11. The standard InChI is InChI=1S/C11H14BrNO2/c1-2-11(14)15-7-10(13)8-3-5-9(12)6-4-8/h3-6,10H,2,7,13H2,1H3. The number of carbonyl (C=O) groups excluding carboxylic acids is 1. The predicted molar refractivity (Wildman–Crippen MR) is 62.3 cm³/mol. The van der Waals surface area contributed by atoms with E-state index in [4.69, 9.17) is 10.5 Å². The van der Waals surface area contributed by atoms with Gasteiger partial charge in [0, 0.05) is 10.9 Å². The van der Waals surface area contributed by atoms with E-state index in [0.29, 0.717) is 6.42 Å². The van der Waals surface area contributed by atoms with Crippen molar-refractivity contribution in [2.24, 2.45) is 5.73 Å². The lowest BCUT2D eigenvalue weighted by Crippen LogP contribution is -2.19. The van der Waals surface area contributed by atoms with Gasteiger partial charge in [0.15, 0.2) is 0 Å². The maximum atomic E-state index is 10.9. The molecule has 1 aromatic carbocycles. The zero-order chi connectivity index (χ0) is 11.3. The SMILES string of the molecule is CCC(=O)OCC(N)c1ccc(Br)cc1. The van der Waals surface area contributed by atoms with Crippen LogP contribution in [0.15, 0.2) is 28.7 Å². The van der Waals surface area contributed by atoms with Crippen molar-refractivity contribution in [2.45, 2.75) is 19.4 Å². The number of nitrogens with two attached hydrogens (primary N) is 1. The molecule has 1 unspecified atom stereocenters. The third-order valence-electron chi connectivity index (χ3n) is 2.01. The van der Waals surface area contributed by atoms with Gasteiger partial charge < -0.3 is 10.5 Å². The Morgan fingerprint density at radius 3 is 2.60 bits per heavy atom. The summed E-state index contributed by atoms with van der Waals surface area (Å²) in [6, 6.07) is 7.39. The van der Waals surface area contributed by atoms with E-state index in [1.165, 1.54) is 0 Å². The Bertz CT molecular complexity index is 324. The number of carbonyl (C=O) groups is 1. The molecule has 0 bridgehead atoms. The molecule has 1 aromatic rings. The molecule has 0 spiro atoms. The van der Waals surface area contributed by atoms with Gasteiger partial charge in [0.05, 0.1) is 6.04 Å². The van der Waals surface area contributed by atoms with Crippen LogP contribution in [0.4, 0.5) is 0 Å². The molecule has 0 aromatic heterocycles. The van der Waals surface area contributed by atoms with Gasteiger partial charge in [-0.3, -0.25) is 4.79 Å². The Hall–Kier alpha value is -0.870. The molecule has 0 fully saturated rings. The molecule has 0 saturated heterocycles. The van der Waals surface area contributed by atoms with Crippen LogP contribution in [-0.4, -0.2) is 12.6 Å². The predicted octanol–water partition coefficient (Wildman–Crippen LogP) is 2.40. The minimum atomic E-state index is -0.256. The third-order valence-corrected chi connectivity index (χ3v) is 2.54. The second kappa shape index (κ2) is 5.88. The van der Waals surface area contributed by atoms with E-state index in [0.717, 1.165) is 10.0 Å². The molecule has 0 aliphatic rings. The van der Waals surface area contributed by atoms with Gasteiger partial charge in [-0.1, -0.05) is 35.0 Å². The van der Waals surface area contributed by atoms with Crippen LogP contribution in [0.25, 0.3) is 0 Å². The monoisotopic (exact) mass is 271 g/mol. The fraction of sp³-hybridized carbons (Fsp3) is 0.364. The van der Waals surface area contributed by atoms with E-state index >= 15 is 0 Å². The average molecular weight is 272 g/mol. The highest BCUT2D eigenvalue weighted by Crippen LogP contribution is 2.15. The molecule has 82 valence electrons. The van der Waals surface area contributed by atoms with Crippen molar-refractivity contribution in [3.63, 3.8) is 0 Å². The molecule has 15 heavy (non-hydrogen) atoms. The number of halogens is 1. The zero-order valence-corrected chi connectivity index (χ0v) is 10.2. The first-order valence-electron chi connectivity index (χ1n) is 4.80. The van der Waals surface area contributed by atoms with Crippen LogP contribution in [0.3, 0.4) is 0 Å². The fourth-order valence-corrected chi connectivity index (χ4v) is 1.36. The molecule has 0 aliphatic carbocycles. The van der Waals surface area contributed by atoms with Crippen molar-refractivity contribution >= 4 is 21.9 Å². The van der Waals surface area contributed by atoms with Crippen molar-refractivity contribution in [2.75, 3.05) is 6.61 Å². The quantitative estimate of drug-likeness (QED) is 0.856. The maximum absolute atomic E-state index is 10.9. The average Bonchev–Trinajstić information content (AvgIpc) is 2.26. The molecule has 2 N–H and O–H groups in total. The summed E-state index contributed by atoms with van der Waals surface area (Å²) < 4.78 is 5.97. The Morgan fingerprint density at radius 2 is 2.07 bits per heavy atom. The van der Waals surface area contributed by atoms with Gasteiger partial charge in [-0.15, -0.1) is 0 Å². The van der Waals surface area contributed by atoms with Gasteiger partial charge in [0.25, 0.3) is 0 Å². The number of hydrogen-bond acceptors (Lipinski definition) is 3. The van der Waals surface area contributed by atoms with E-state index in [9.17, 15) is 4.79 Å². The van der Waals surface area contributed by atoms with E-state index in [2.05, 4.69) is 15.9 Å². The van der Waals surface area contributed by atoms with Crippen LogP contribution in [-0.2, 0) is 9.53 Å². The van der Waals surface area contributed by atoms with Gasteiger partial charge >= 0.3 is 5.97 Å². The zero-order valence-electron chi connectivity index (χ0n) is 8.57. The Kier molecular flexibility index (Phi) is 4.78.